The van der Waals surface area contributed by atoms with E-state index in [4.69, 9.17) is 9.47 Å². The summed E-state index contributed by atoms with van der Waals surface area (Å²) in [5.41, 5.74) is 1.41. The van der Waals surface area contributed by atoms with E-state index in [0.717, 1.165) is 10.0 Å². The average molecular weight is 399 g/mol. The van der Waals surface area contributed by atoms with E-state index in [-0.39, 0.29) is 5.78 Å². The van der Waals surface area contributed by atoms with Crippen molar-refractivity contribution >= 4 is 27.8 Å². The van der Waals surface area contributed by atoms with E-state index in [2.05, 4.69) is 29.1 Å². The van der Waals surface area contributed by atoms with Gasteiger partial charge in [0.25, 0.3) is 0 Å². The van der Waals surface area contributed by atoms with Crippen LogP contribution in [0.4, 0.5) is 0 Å². The first kappa shape index (κ1) is 18.7. The lowest BCUT2D eigenvalue weighted by molar-refractivity contribution is 0.104. The Balaban J connectivity index is 2.20. The summed E-state index contributed by atoms with van der Waals surface area (Å²) >= 11 is 3.36. The van der Waals surface area contributed by atoms with Gasteiger partial charge in [-0.3, -0.25) is 4.79 Å². The summed E-state index contributed by atoms with van der Waals surface area (Å²) in [6.07, 6.45) is 6.61. The molecule has 0 bridgehead atoms. The fourth-order valence-corrected chi connectivity index (χ4v) is 2.31. The van der Waals surface area contributed by atoms with Crippen molar-refractivity contribution in [1.82, 2.24) is 0 Å². The molecule has 0 heterocycles. The predicted octanol–water partition coefficient (Wildman–Crippen LogP) is 5.47. The summed E-state index contributed by atoms with van der Waals surface area (Å²) < 4.78 is 12.1. The summed E-state index contributed by atoms with van der Waals surface area (Å²) in [4.78, 5) is 12.3. The lowest BCUT2D eigenvalue weighted by atomic mass is 10.1. The summed E-state index contributed by atoms with van der Waals surface area (Å²) in [5.74, 6) is 1.23. The zero-order valence-corrected chi connectivity index (χ0v) is 15.4. The van der Waals surface area contributed by atoms with Crippen LogP contribution in [0.1, 0.15) is 15.9 Å². The zero-order chi connectivity index (χ0) is 18.1. The van der Waals surface area contributed by atoms with Crippen LogP contribution >= 0.6 is 15.9 Å². The highest BCUT2D eigenvalue weighted by Crippen LogP contribution is 2.26. The number of rotatable bonds is 9. The van der Waals surface area contributed by atoms with E-state index in [1.54, 1.807) is 36.4 Å². The molecule has 2 aromatic rings. The maximum atomic E-state index is 12.3. The van der Waals surface area contributed by atoms with Crippen LogP contribution < -0.4 is 9.47 Å². The van der Waals surface area contributed by atoms with Crippen LogP contribution in [0.5, 0.6) is 11.5 Å². The second-order valence-electron chi connectivity index (χ2n) is 5.10. The first-order chi connectivity index (χ1) is 12.1. The molecule has 25 heavy (non-hydrogen) atoms. The fourth-order valence-electron chi connectivity index (χ4n) is 2.05. The maximum absolute atomic E-state index is 12.3. The second-order valence-corrected chi connectivity index (χ2v) is 6.02. The number of hydrogen-bond acceptors (Lipinski definition) is 3. The molecule has 0 aromatic heterocycles. The van der Waals surface area contributed by atoms with Crippen molar-refractivity contribution < 1.29 is 14.3 Å². The minimum atomic E-state index is -0.0749. The van der Waals surface area contributed by atoms with Crippen molar-refractivity contribution in [1.29, 1.82) is 0 Å². The van der Waals surface area contributed by atoms with E-state index >= 15 is 0 Å². The maximum Gasteiger partial charge on any atom is 0.185 e. The van der Waals surface area contributed by atoms with E-state index in [1.165, 1.54) is 6.08 Å². The monoisotopic (exact) mass is 398 g/mol. The van der Waals surface area contributed by atoms with E-state index < -0.39 is 0 Å². The van der Waals surface area contributed by atoms with Crippen molar-refractivity contribution in [3.8, 4) is 11.5 Å². The summed E-state index contributed by atoms with van der Waals surface area (Å²) in [5, 5.41) is 0. The topological polar surface area (TPSA) is 35.5 Å². The Hall–Kier alpha value is -2.59. The third-order valence-electron chi connectivity index (χ3n) is 3.25. The highest BCUT2D eigenvalue weighted by molar-refractivity contribution is 9.10. The van der Waals surface area contributed by atoms with Gasteiger partial charge in [0.2, 0.25) is 0 Å². The van der Waals surface area contributed by atoms with E-state index in [0.29, 0.717) is 30.3 Å². The third kappa shape index (κ3) is 5.76. The normalized spacial score (nSPS) is 10.4. The molecule has 0 aliphatic rings. The van der Waals surface area contributed by atoms with Crippen LogP contribution in [0.2, 0.25) is 0 Å². The van der Waals surface area contributed by atoms with Gasteiger partial charge in [-0.25, -0.2) is 0 Å². The lowest BCUT2D eigenvalue weighted by Crippen LogP contribution is -1.98. The summed E-state index contributed by atoms with van der Waals surface area (Å²) in [6, 6.07) is 12.7. The molecule has 0 saturated heterocycles. The molecular weight excluding hydrogens is 380 g/mol. The van der Waals surface area contributed by atoms with Gasteiger partial charge in [0, 0.05) is 21.7 Å². The molecule has 0 amide bonds. The van der Waals surface area contributed by atoms with Gasteiger partial charge in [-0.05, 0) is 48.6 Å². The van der Waals surface area contributed by atoms with Gasteiger partial charge in [-0.1, -0.05) is 41.2 Å². The first-order valence-electron chi connectivity index (χ1n) is 7.73. The molecule has 2 aromatic carbocycles. The third-order valence-corrected chi connectivity index (χ3v) is 3.78. The number of carbonyl (C=O) groups is 1. The molecule has 4 heteroatoms. The van der Waals surface area contributed by atoms with Gasteiger partial charge >= 0.3 is 0 Å². The molecular formula is C21H19BrO3. The van der Waals surface area contributed by atoms with E-state index in [9.17, 15) is 4.79 Å². The van der Waals surface area contributed by atoms with Crippen molar-refractivity contribution in [2.75, 3.05) is 13.2 Å². The highest BCUT2D eigenvalue weighted by Gasteiger charge is 2.06. The zero-order valence-electron chi connectivity index (χ0n) is 13.8. The largest absolute Gasteiger partial charge is 0.489 e. The smallest absolute Gasteiger partial charge is 0.185 e. The van der Waals surface area contributed by atoms with Gasteiger partial charge in [0.15, 0.2) is 5.78 Å². The van der Waals surface area contributed by atoms with Crippen molar-refractivity contribution in [3.05, 3.63) is 89.5 Å². The number of benzene rings is 2. The average Bonchev–Trinajstić information content (AvgIpc) is 2.64. The van der Waals surface area contributed by atoms with Crippen LogP contribution in [0.25, 0.3) is 6.08 Å². The van der Waals surface area contributed by atoms with Crippen molar-refractivity contribution in [2.45, 2.75) is 0 Å². The Labute approximate surface area is 156 Å². The molecule has 0 aliphatic heterocycles. The molecule has 128 valence electrons. The predicted molar refractivity (Wildman–Crippen MR) is 105 cm³/mol. The van der Waals surface area contributed by atoms with Crippen LogP contribution in [0.3, 0.4) is 0 Å². The quantitative estimate of drug-likeness (QED) is 0.319. The summed E-state index contributed by atoms with van der Waals surface area (Å²) in [7, 11) is 0. The Bertz CT molecular complexity index is 776. The molecule has 2 rings (SSSR count). The molecule has 3 nitrogen and oxygen atoms in total. The Morgan fingerprint density at radius 2 is 1.68 bits per heavy atom. The lowest BCUT2D eigenvalue weighted by Gasteiger charge is -2.10. The molecule has 0 unspecified atom stereocenters. The molecule has 0 spiro atoms. The Kier molecular flexibility index (Phi) is 7.23. The fraction of sp³-hybridized carbons (Fsp3) is 0.0952. The Morgan fingerprint density at radius 3 is 2.36 bits per heavy atom. The van der Waals surface area contributed by atoms with Gasteiger partial charge in [-0.2, -0.15) is 0 Å². The molecule has 0 radical (unpaired) electrons. The molecule has 0 saturated carbocycles. The van der Waals surface area contributed by atoms with Gasteiger partial charge in [-0.15, -0.1) is 0 Å². The molecule has 0 atom stereocenters. The molecule has 0 aliphatic carbocycles. The van der Waals surface area contributed by atoms with Crippen molar-refractivity contribution in [2.24, 2.45) is 0 Å². The number of ether oxygens (including phenoxy) is 2. The van der Waals surface area contributed by atoms with Gasteiger partial charge in [0.1, 0.15) is 24.7 Å². The standard InChI is InChI=1S/C21H19BrO3/c1-3-13-24-19-11-7-17(21(15-19)25-14-4-2)8-12-20(23)16-5-9-18(22)10-6-16/h3-12,15H,1-2,13-14H2/b12-8+. The number of ketones is 1. The Morgan fingerprint density at radius 1 is 1.00 bits per heavy atom. The number of halogens is 1. The summed E-state index contributed by atoms with van der Waals surface area (Å²) in [6.45, 7) is 8.06. The SMILES string of the molecule is C=CCOc1ccc(/C=C/C(=O)c2ccc(Br)cc2)c(OCC=C)c1. The van der Waals surface area contributed by atoms with Crippen molar-refractivity contribution in [3.63, 3.8) is 0 Å². The van der Waals surface area contributed by atoms with Crippen LogP contribution in [-0.2, 0) is 0 Å². The molecule has 0 fully saturated rings. The first-order valence-corrected chi connectivity index (χ1v) is 8.52. The minimum Gasteiger partial charge on any atom is -0.489 e. The molecule has 0 N–H and O–H groups in total. The number of carbonyl (C=O) groups excluding carboxylic acids is 1. The van der Waals surface area contributed by atoms with Crippen LogP contribution in [-0.4, -0.2) is 19.0 Å². The number of hydrogen-bond donors (Lipinski definition) is 0. The van der Waals surface area contributed by atoms with Crippen LogP contribution in [0, 0.1) is 0 Å². The minimum absolute atomic E-state index is 0.0749. The van der Waals surface area contributed by atoms with Crippen LogP contribution in [0.15, 0.2) is 78.3 Å². The second kappa shape index (κ2) is 9.64. The van der Waals surface area contributed by atoms with E-state index in [1.807, 2.05) is 24.3 Å². The van der Waals surface area contributed by atoms with Gasteiger partial charge in [0.05, 0.1) is 0 Å². The highest BCUT2D eigenvalue weighted by atomic mass is 79.9. The van der Waals surface area contributed by atoms with Gasteiger partial charge < -0.3 is 9.47 Å². The number of allylic oxidation sites excluding steroid dienone is 1.